The summed E-state index contributed by atoms with van der Waals surface area (Å²) in [6, 6.07) is 6.95. The summed E-state index contributed by atoms with van der Waals surface area (Å²) in [5, 5.41) is 2.52. The number of amides is 1. The van der Waals surface area contributed by atoms with Crippen molar-refractivity contribution in [1.82, 2.24) is 9.62 Å². The molecule has 0 spiro atoms. The van der Waals surface area contributed by atoms with E-state index in [0.717, 1.165) is 17.4 Å². The predicted octanol–water partition coefficient (Wildman–Crippen LogP) is 0.119. The summed E-state index contributed by atoms with van der Waals surface area (Å²) in [6.07, 6.45) is 1.56. The van der Waals surface area contributed by atoms with Crippen molar-refractivity contribution < 1.29 is 13.2 Å². The fourth-order valence-electron chi connectivity index (χ4n) is 2.24. The summed E-state index contributed by atoms with van der Waals surface area (Å²) in [7, 11) is -1.88. The van der Waals surface area contributed by atoms with Crippen LogP contribution in [0.25, 0.3) is 0 Å². The van der Waals surface area contributed by atoms with Gasteiger partial charge in [0, 0.05) is 13.6 Å². The Morgan fingerprint density at radius 1 is 1.33 bits per heavy atom. The number of likely N-dealkylation sites (N-methyl/N-ethyl adjacent to an activating group) is 1. The number of nitrogens with zero attached hydrogens (tertiary/aromatic N) is 1. The summed E-state index contributed by atoms with van der Waals surface area (Å²) < 4.78 is 24.8. The maximum Gasteiger partial charge on any atom is 0.238 e. The average Bonchev–Trinajstić information content (AvgIpc) is 2.35. The maximum absolute atomic E-state index is 11.8. The number of hydrogen-bond donors (Lipinski definition) is 1. The van der Waals surface area contributed by atoms with Gasteiger partial charge in [-0.25, -0.2) is 8.42 Å². The van der Waals surface area contributed by atoms with Gasteiger partial charge < -0.3 is 5.32 Å². The molecular formula is C12H16N2O3S. The highest BCUT2D eigenvalue weighted by molar-refractivity contribution is 7.88. The standard InChI is InChI=1S/C12H16N2O3S/c1-13-12(15)11-7-9-5-3-4-6-10(9)8-14(11)18(2,16)17/h3-6,11H,7-8H2,1-2H3,(H,13,15). The van der Waals surface area contributed by atoms with Crippen LogP contribution in [0.5, 0.6) is 0 Å². The van der Waals surface area contributed by atoms with Gasteiger partial charge in [0.2, 0.25) is 15.9 Å². The first-order chi connectivity index (χ1) is 8.43. The van der Waals surface area contributed by atoms with Gasteiger partial charge >= 0.3 is 0 Å². The smallest absolute Gasteiger partial charge is 0.238 e. The minimum Gasteiger partial charge on any atom is -0.358 e. The monoisotopic (exact) mass is 268 g/mol. The molecule has 0 saturated carbocycles. The number of rotatable bonds is 2. The van der Waals surface area contributed by atoms with E-state index < -0.39 is 16.1 Å². The van der Waals surface area contributed by atoms with E-state index in [0.29, 0.717) is 6.42 Å². The van der Waals surface area contributed by atoms with Gasteiger partial charge in [0.1, 0.15) is 6.04 Å². The average molecular weight is 268 g/mol. The molecule has 1 heterocycles. The highest BCUT2D eigenvalue weighted by Crippen LogP contribution is 2.25. The molecule has 1 N–H and O–H groups in total. The highest BCUT2D eigenvalue weighted by atomic mass is 32.2. The van der Waals surface area contributed by atoms with Crippen molar-refractivity contribution >= 4 is 15.9 Å². The van der Waals surface area contributed by atoms with Crippen molar-refractivity contribution in [2.24, 2.45) is 0 Å². The van der Waals surface area contributed by atoms with Gasteiger partial charge in [-0.2, -0.15) is 4.31 Å². The van der Waals surface area contributed by atoms with Gasteiger partial charge in [-0.3, -0.25) is 4.79 Å². The zero-order valence-electron chi connectivity index (χ0n) is 10.4. The van der Waals surface area contributed by atoms with E-state index in [9.17, 15) is 13.2 Å². The van der Waals surface area contributed by atoms with E-state index in [4.69, 9.17) is 0 Å². The molecule has 0 saturated heterocycles. The van der Waals surface area contributed by atoms with Gasteiger partial charge in [-0.15, -0.1) is 0 Å². The molecule has 1 atom stereocenters. The lowest BCUT2D eigenvalue weighted by atomic mass is 9.95. The van der Waals surface area contributed by atoms with Crippen molar-refractivity contribution in [2.45, 2.75) is 19.0 Å². The van der Waals surface area contributed by atoms with Crippen LogP contribution in [0.2, 0.25) is 0 Å². The first-order valence-corrected chi connectivity index (χ1v) is 7.53. The lowest BCUT2D eigenvalue weighted by Crippen LogP contribution is -2.51. The Balaban J connectivity index is 2.43. The lowest BCUT2D eigenvalue weighted by Gasteiger charge is -2.33. The summed E-state index contributed by atoms with van der Waals surface area (Å²) in [5.74, 6) is -0.269. The van der Waals surface area contributed by atoms with Crippen LogP contribution in [0.4, 0.5) is 0 Å². The summed E-state index contributed by atoms with van der Waals surface area (Å²) >= 11 is 0. The fraction of sp³-hybridized carbons (Fsp3) is 0.417. The molecule has 1 unspecified atom stereocenters. The second-order valence-corrected chi connectivity index (χ2v) is 6.35. The summed E-state index contributed by atoms with van der Waals surface area (Å²) in [4.78, 5) is 11.8. The van der Waals surface area contributed by atoms with Crippen LogP contribution >= 0.6 is 0 Å². The van der Waals surface area contributed by atoms with Crippen LogP contribution < -0.4 is 5.32 Å². The minimum absolute atomic E-state index is 0.257. The molecule has 0 aromatic heterocycles. The van der Waals surface area contributed by atoms with Crippen molar-refractivity contribution in [3.63, 3.8) is 0 Å². The molecule has 0 bridgehead atoms. The zero-order valence-corrected chi connectivity index (χ0v) is 11.2. The van der Waals surface area contributed by atoms with E-state index in [1.54, 1.807) is 0 Å². The molecule has 1 aromatic rings. The Morgan fingerprint density at radius 2 is 1.94 bits per heavy atom. The Labute approximate surface area is 107 Å². The normalized spacial score (nSPS) is 20.2. The SMILES string of the molecule is CNC(=O)C1Cc2ccccc2CN1S(C)(=O)=O. The van der Waals surface area contributed by atoms with Crippen LogP contribution in [0.15, 0.2) is 24.3 Å². The van der Waals surface area contributed by atoms with Crippen LogP contribution in [0, 0.1) is 0 Å². The molecule has 18 heavy (non-hydrogen) atoms. The van der Waals surface area contributed by atoms with E-state index >= 15 is 0 Å². The van der Waals surface area contributed by atoms with E-state index in [-0.39, 0.29) is 12.5 Å². The van der Waals surface area contributed by atoms with Crippen LogP contribution in [0.1, 0.15) is 11.1 Å². The van der Waals surface area contributed by atoms with Gasteiger partial charge in [0.05, 0.1) is 6.26 Å². The number of benzene rings is 1. The molecule has 1 amide bonds. The second-order valence-electron chi connectivity index (χ2n) is 4.41. The first-order valence-electron chi connectivity index (χ1n) is 5.68. The van der Waals surface area contributed by atoms with Crippen LogP contribution in [-0.2, 0) is 27.8 Å². The Morgan fingerprint density at radius 3 is 2.50 bits per heavy atom. The quantitative estimate of drug-likeness (QED) is 0.828. The number of sulfonamides is 1. The summed E-state index contributed by atoms with van der Waals surface area (Å²) in [6.45, 7) is 0.257. The van der Waals surface area contributed by atoms with Gasteiger partial charge in [-0.1, -0.05) is 24.3 Å². The Hall–Kier alpha value is -1.40. The number of hydrogen-bond acceptors (Lipinski definition) is 3. The molecular weight excluding hydrogens is 252 g/mol. The molecule has 0 fully saturated rings. The van der Waals surface area contributed by atoms with Gasteiger partial charge in [0.15, 0.2) is 0 Å². The molecule has 0 aliphatic carbocycles. The van der Waals surface area contributed by atoms with E-state index in [2.05, 4.69) is 5.32 Å². The highest BCUT2D eigenvalue weighted by Gasteiger charge is 2.36. The Kier molecular flexibility index (Phi) is 3.41. The molecule has 5 nitrogen and oxygen atoms in total. The minimum atomic E-state index is -3.40. The van der Waals surface area contributed by atoms with Crippen LogP contribution in [0.3, 0.4) is 0 Å². The maximum atomic E-state index is 11.8. The molecule has 1 aromatic carbocycles. The second kappa shape index (κ2) is 4.70. The molecule has 2 rings (SSSR count). The van der Waals surface area contributed by atoms with Gasteiger partial charge in [-0.05, 0) is 17.5 Å². The van der Waals surface area contributed by atoms with Crippen molar-refractivity contribution in [3.8, 4) is 0 Å². The number of carbonyl (C=O) groups is 1. The largest absolute Gasteiger partial charge is 0.358 e. The molecule has 0 radical (unpaired) electrons. The number of nitrogens with one attached hydrogen (secondary N) is 1. The third-order valence-electron chi connectivity index (χ3n) is 3.18. The third-order valence-corrected chi connectivity index (χ3v) is 4.42. The first kappa shape index (κ1) is 13.0. The van der Waals surface area contributed by atoms with Crippen LogP contribution in [-0.4, -0.2) is 38.0 Å². The van der Waals surface area contributed by atoms with E-state index in [1.807, 2.05) is 24.3 Å². The molecule has 6 heteroatoms. The summed E-state index contributed by atoms with van der Waals surface area (Å²) in [5.41, 5.74) is 1.99. The predicted molar refractivity (Wildman–Crippen MR) is 68.4 cm³/mol. The lowest BCUT2D eigenvalue weighted by molar-refractivity contribution is -0.124. The zero-order chi connectivity index (χ0) is 13.3. The van der Waals surface area contributed by atoms with Crippen molar-refractivity contribution in [2.75, 3.05) is 13.3 Å². The van der Waals surface area contributed by atoms with Gasteiger partial charge in [0.25, 0.3) is 0 Å². The van der Waals surface area contributed by atoms with E-state index in [1.165, 1.54) is 11.4 Å². The third kappa shape index (κ3) is 2.39. The fourth-order valence-corrected chi connectivity index (χ4v) is 3.24. The molecule has 1 aliphatic heterocycles. The molecule has 1 aliphatic rings. The van der Waals surface area contributed by atoms with Crippen molar-refractivity contribution in [1.29, 1.82) is 0 Å². The Bertz CT molecular complexity index is 568. The number of carbonyl (C=O) groups excluding carboxylic acids is 1. The number of fused-ring (bicyclic) bond motifs is 1. The molecule has 98 valence electrons. The topological polar surface area (TPSA) is 66.5 Å². The van der Waals surface area contributed by atoms with Crippen molar-refractivity contribution in [3.05, 3.63) is 35.4 Å².